The van der Waals surface area contributed by atoms with Gasteiger partial charge in [0.05, 0.1) is 5.92 Å². The van der Waals surface area contributed by atoms with Gasteiger partial charge in [-0.15, -0.1) is 0 Å². The number of benzene rings is 1. The van der Waals surface area contributed by atoms with Crippen LogP contribution in [0.4, 0.5) is 0 Å². The number of guanidine groups is 1. The summed E-state index contributed by atoms with van der Waals surface area (Å²) in [6.45, 7) is 4.85. The van der Waals surface area contributed by atoms with Gasteiger partial charge in [0.25, 0.3) is 5.91 Å². The number of nitrogens with two attached hydrogens (primary N) is 2. The van der Waals surface area contributed by atoms with E-state index < -0.39 is 5.92 Å². The maximum atomic E-state index is 12.2. The van der Waals surface area contributed by atoms with E-state index in [1.54, 1.807) is 4.90 Å². The molecular weight excluding hydrogens is 268 g/mol. The third-order valence-electron chi connectivity index (χ3n) is 3.89. The van der Waals surface area contributed by atoms with E-state index in [-0.39, 0.29) is 17.8 Å². The molecule has 1 aromatic rings. The quantitative estimate of drug-likeness (QED) is 0.473. The molecule has 0 radical (unpaired) electrons. The molecule has 0 bridgehead atoms. The Balaban J connectivity index is 2.38. The molecule has 6 nitrogen and oxygen atoms in total. The Morgan fingerprint density at radius 1 is 1.33 bits per heavy atom. The van der Waals surface area contributed by atoms with Gasteiger partial charge < -0.3 is 16.4 Å². The first-order valence-electron chi connectivity index (χ1n) is 6.82. The lowest BCUT2D eigenvalue weighted by atomic mass is 9.85. The van der Waals surface area contributed by atoms with Gasteiger partial charge in [-0.2, -0.15) is 4.99 Å². The number of likely N-dealkylation sites (tertiary alicyclic amines) is 1. The van der Waals surface area contributed by atoms with Gasteiger partial charge in [-0.05, 0) is 25.0 Å². The Morgan fingerprint density at radius 2 is 2.05 bits per heavy atom. The van der Waals surface area contributed by atoms with Crippen molar-refractivity contribution in [2.24, 2.45) is 22.4 Å². The van der Waals surface area contributed by atoms with Crippen LogP contribution in [-0.2, 0) is 9.59 Å². The van der Waals surface area contributed by atoms with E-state index in [0.29, 0.717) is 13.1 Å². The second-order valence-corrected chi connectivity index (χ2v) is 5.51. The van der Waals surface area contributed by atoms with Crippen LogP contribution in [0.3, 0.4) is 0 Å². The molecule has 0 saturated carbocycles. The Labute approximate surface area is 123 Å². The highest BCUT2D eigenvalue weighted by molar-refractivity contribution is 5.93. The number of nitrogens with zero attached hydrogens (tertiary/aromatic N) is 2. The van der Waals surface area contributed by atoms with Crippen molar-refractivity contribution in [3.05, 3.63) is 34.9 Å². The number of carbonyl (C=O) groups excluding carboxylic acids is 2. The minimum absolute atomic E-state index is 0.0781. The lowest BCUT2D eigenvalue weighted by Crippen LogP contribution is -2.28. The van der Waals surface area contributed by atoms with Crippen LogP contribution in [0.5, 0.6) is 0 Å². The predicted molar refractivity (Wildman–Crippen MR) is 80.6 cm³/mol. The van der Waals surface area contributed by atoms with Gasteiger partial charge in [0.15, 0.2) is 5.96 Å². The highest BCUT2D eigenvalue weighted by atomic mass is 16.2. The summed E-state index contributed by atoms with van der Waals surface area (Å²) in [5.74, 6) is -1.10. The highest BCUT2D eigenvalue weighted by Crippen LogP contribution is 2.35. The monoisotopic (exact) mass is 288 g/mol. The lowest BCUT2D eigenvalue weighted by molar-refractivity contribution is -0.121. The van der Waals surface area contributed by atoms with E-state index in [1.807, 2.05) is 26.0 Å². The standard InChI is InChI=1S/C15H20N4O2/c1-9-3-4-10(2)11(5-9)12-6-19(8-20)7-13(12)14(21)18-15(16)17/h3-5,8,12-13H,6-7H2,1-2H3,(H4,16,17,18,21)/t12-,13+/m1/s1. The number of carbonyl (C=O) groups is 2. The molecule has 2 atom stereocenters. The van der Waals surface area contributed by atoms with Crippen LogP contribution in [0.2, 0.25) is 0 Å². The van der Waals surface area contributed by atoms with Gasteiger partial charge in [0.2, 0.25) is 6.41 Å². The third kappa shape index (κ3) is 3.21. The molecule has 1 aliphatic heterocycles. The molecule has 2 amide bonds. The Morgan fingerprint density at radius 3 is 2.67 bits per heavy atom. The average Bonchev–Trinajstić information content (AvgIpc) is 2.85. The molecule has 1 aromatic carbocycles. The summed E-state index contributed by atoms with van der Waals surface area (Å²) in [4.78, 5) is 28.5. The van der Waals surface area contributed by atoms with Crippen molar-refractivity contribution in [2.75, 3.05) is 13.1 Å². The van der Waals surface area contributed by atoms with Gasteiger partial charge in [-0.1, -0.05) is 23.8 Å². The zero-order valence-electron chi connectivity index (χ0n) is 12.2. The SMILES string of the molecule is Cc1ccc(C)c([C@H]2CN(C=O)C[C@@H]2C(=O)N=C(N)N)c1. The summed E-state index contributed by atoms with van der Waals surface area (Å²) in [6.07, 6.45) is 0.765. The zero-order valence-corrected chi connectivity index (χ0v) is 12.2. The summed E-state index contributed by atoms with van der Waals surface area (Å²) in [6, 6.07) is 6.11. The average molecular weight is 288 g/mol. The smallest absolute Gasteiger partial charge is 0.254 e. The molecule has 2 rings (SSSR count). The van der Waals surface area contributed by atoms with Crippen LogP contribution >= 0.6 is 0 Å². The summed E-state index contributed by atoms with van der Waals surface area (Å²) >= 11 is 0. The van der Waals surface area contributed by atoms with Crippen molar-refractivity contribution in [2.45, 2.75) is 19.8 Å². The molecule has 1 fully saturated rings. The van der Waals surface area contributed by atoms with Crippen LogP contribution in [0.25, 0.3) is 0 Å². The Bertz CT molecular complexity index is 593. The second kappa shape index (κ2) is 5.95. The molecule has 0 unspecified atom stereocenters. The second-order valence-electron chi connectivity index (χ2n) is 5.51. The van der Waals surface area contributed by atoms with Crippen LogP contribution < -0.4 is 11.5 Å². The molecule has 1 saturated heterocycles. The summed E-state index contributed by atoms with van der Waals surface area (Å²) in [5, 5.41) is 0. The van der Waals surface area contributed by atoms with Gasteiger partial charge in [0, 0.05) is 19.0 Å². The fourth-order valence-corrected chi connectivity index (χ4v) is 2.86. The maximum Gasteiger partial charge on any atom is 0.254 e. The van der Waals surface area contributed by atoms with Crippen molar-refractivity contribution in [3.8, 4) is 0 Å². The molecular formula is C15H20N4O2. The van der Waals surface area contributed by atoms with Gasteiger partial charge in [-0.25, -0.2) is 0 Å². The van der Waals surface area contributed by atoms with Crippen molar-refractivity contribution in [3.63, 3.8) is 0 Å². The molecule has 0 aliphatic carbocycles. The number of amides is 2. The number of aryl methyl sites for hydroxylation is 2. The van der Waals surface area contributed by atoms with Crippen LogP contribution in [0.1, 0.15) is 22.6 Å². The fourth-order valence-electron chi connectivity index (χ4n) is 2.86. The molecule has 112 valence electrons. The van der Waals surface area contributed by atoms with E-state index in [0.717, 1.165) is 23.1 Å². The van der Waals surface area contributed by atoms with Gasteiger partial charge in [-0.3, -0.25) is 9.59 Å². The van der Waals surface area contributed by atoms with E-state index in [9.17, 15) is 9.59 Å². The van der Waals surface area contributed by atoms with Crippen molar-refractivity contribution in [1.82, 2.24) is 4.90 Å². The van der Waals surface area contributed by atoms with Crippen LogP contribution in [-0.4, -0.2) is 36.3 Å². The summed E-state index contributed by atoms with van der Waals surface area (Å²) in [7, 11) is 0. The molecule has 6 heteroatoms. The lowest BCUT2D eigenvalue weighted by Gasteiger charge is -2.18. The first kappa shape index (κ1) is 15.0. The topological polar surface area (TPSA) is 102 Å². The van der Waals surface area contributed by atoms with E-state index in [2.05, 4.69) is 11.1 Å². The Kier molecular flexibility index (Phi) is 4.26. The minimum Gasteiger partial charge on any atom is -0.370 e. The first-order valence-corrected chi connectivity index (χ1v) is 6.82. The summed E-state index contributed by atoms with van der Waals surface area (Å²) < 4.78 is 0. The Hall–Kier alpha value is -2.37. The van der Waals surface area contributed by atoms with Gasteiger partial charge in [0.1, 0.15) is 0 Å². The molecule has 21 heavy (non-hydrogen) atoms. The molecule has 1 heterocycles. The molecule has 1 aliphatic rings. The normalized spacial score (nSPS) is 21.1. The first-order chi connectivity index (χ1) is 9.92. The van der Waals surface area contributed by atoms with Crippen molar-refractivity contribution < 1.29 is 9.59 Å². The number of rotatable bonds is 3. The molecule has 4 N–H and O–H groups in total. The van der Waals surface area contributed by atoms with Crippen LogP contribution in [0, 0.1) is 19.8 Å². The van der Waals surface area contributed by atoms with Crippen LogP contribution in [0.15, 0.2) is 23.2 Å². The predicted octanol–water partition coefficient (Wildman–Crippen LogP) is 0.275. The van der Waals surface area contributed by atoms with Crippen molar-refractivity contribution in [1.29, 1.82) is 0 Å². The fraction of sp³-hybridized carbons (Fsp3) is 0.400. The largest absolute Gasteiger partial charge is 0.370 e. The van der Waals surface area contributed by atoms with E-state index in [1.165, 1.54) is 0 Å². The molecule has 0 aromatic heterocycles. The zero-order chi connectivity index (χ0) is 15.6. The summed E-state index contributed by atoms with van der Waals surface area (Å²) in [5.41, 5.74) is 13.9. The van der Waals surface area contributed by atoms with E-state index in [4.69, 9.17) is 11.5 Å². The minimum atomic E-state index is -0.405. The third-order valence-corrected chi connectivity index (χ3v) is 3.89. The highest BCUT2D eigenvalue weighted by Gasteiger charge is 2.38. The van der Waals surface area contributed by atoms with Gasteiger partial charge >= 0.3 is 0 Å². The number of aliphatic imine (C=N–C) groups is 1. The number of hydrogen-bond donors (Lipinski definition) is 2. The van der Waals surface area contributed by atoms with E-state index >= 15 is 0 Å². The maximum absolute atomic E-state index is 12.2. The van der Waals surface area contributed by atoms with Crippen molar-refractivity contribution >= 4 is 18.3 Å². The number of hydrogen-bond acceptors (Lipinski definition) is 2. The molecule has 0 spiro atoms.